The minimum Gasteiger partial charge on any atom is -0.344 e. The fourth-order valence-corrected chi connectivity index (χ4v) is 4.30. The SMILES string of the molecule is [Pt].[c-]1cccc2c3c(n4ccnc4c12)C1CCC3CC1. The summed E-state index contributed by atoms with van der Waals surface area (Å²) < 4.78 is 2.34. The summed E-state index contributed by atoms with van der Waals surface area (Å²) in [6.45, 7) is 0. The summed E-state index contributed by atoms with van der Waals surface area (Å²) in [7, 11) is 0. The van der Waals surface area contributed by atoms with Crippen molar-refractivity contribution in [3.05, 3.63) is 47.9 Å². The van der Waals surface area contributed by atoms with Crippen molar-refractivity contribution in [3.8, 4) is 0 Å². The standard InChI is InChI=1S/C17H15N2.Pt/c1-2-4-14-13(3-1)15-11-5-7-12(8-6-11)16(15)19-10-9-18-17(14)19;/h1-3,9-12H,5-8H2;/q-1;. The van der Waals surface area contributed by atoms with Gasteiger partial charge in [0.15, 0.2) is 0 Å². The zero-order valence-electron chi connectivity index (χ0n) is 11.1. The van der Waals surface area contributed by atoms with Crippen molar-refractivity contribution in [2.45, 2.75) is 37.5 Å². The Hall–Kier alpha value is -1.14. The summed E-state index contributed by atoms with van der Waals surface area (Å²) in [5.74, 6) is 1.49. The van der Waals surface area contributed by atoms with Crippen molar-refractivity contribution in [2.24, 2.45) is 0 Å². The molecule has 3 aromatic rings. The maximum absolute atomic E-state index is 4.57. The smallest absolute Gasteiger partial charge is 0.0606 e. The third-order valence-corrected chi connectivity index (χ3v) is 5.07. The molecule has 2 bridgehead atoms. The first-order chi connectivity index (χ1) is 9.43. The largest absolute Gasteiger partial charge is 0.344 e. The molecule has 3 heteroatoms. The van der Waals surface area contributed by atoms with Crippen LogP contribution >= 0.6 is 0 Å². The number of nitrogens with zero attached hydrogens (tertiary/aromatic N) is 2. The van der Waals surface area contributed by atoms with Crippen LogP contribution in [0, 0.1) is 6.07 Å². The van der Waals surface area contributed by atoms with Gasteiger partial charge in [-0.05, 0) is 37.5 Å². The van der Waals surface area contributed by atoms with Gasteiger partial charge < -0.3 is 4.40 Å². The second kappa shape index (κ2) is 4.43. The number of benzene rings is 1. The first kappa shape index (κ1) is 12.6. The number of pyridine rings is 1. The zero-order chi connectivity index (χ0) is 12.4. The minimum absolute atomic E-state index is 0. The molecular weight excluding hydrogens is 427 g/mol. The molecule has 0 spiro atoms. The summed E-state index contributed by atoms with van der Waals surface area (Å²) >= 11 is 0. The molecule has 0 unspecified atom stereocenters. The Kier molecular flexibility index (Phi) is 2.79. The van der Waals surface area contributed by atoms with Gasteiger partial charge in [-0.2, -0.15) is 0 Å². The third kappa shape index (κ3) is 1.46. The van der Waals surface area contributed by atoms with Gasteiger partial charge in [0, 0.05) is 39.2 Å². The van der Waals surface area contributed by atoms with E-state index in [-0.39, 0.29) is 21.1 Å². The van der Waals surface area contributed by atoms with E-state index in [1.807, 2.05) is 12.3 Å². The van der Waals surface area contributed by atoms with Gasteiger partial charge in [0.1, 0.15) is 0 Å². The van der Waals surface area contributed by atoms with Crippen LogP contribution in [0.3, 0.4) is 0 Å². The molecule has 2 aromatic heterocycles. The van der Waals surface area contributed by atoms with Crippen molar-refractivity contribution in [3.63, 3.8) is 0 Å². The second-order valence-corrected chi connectivity index (χ2v) is 5.93. The van der Waals surface area contributed by atoms with Gasteiger partial charge in [-0.15, -0.1) is 29.7 Å². The molecule has 3 aliphatic rings. The molecule has 2 nitrogen and oxygen atoms in total. The van der Waals surface area contributed by atoms with E-state index in [4.69, 9.17) is 0 Å². The number of fused-ring (bicyclic) bond motifs is 5. The van der Waals surface area contributed by atoms with E-state index < -0.39 is 0 Å². The molecule has 0 saturated heterocycles. The first-order valence-electron chi connectivity index (χ1n) is 7.22. The quantitative estimate of drug-likeness (QED) is 0.481. The Morgan fingerprint density at radius 2 is 1.95 bits per heavy atom. The van der Waals surface area contributed by atoms with Crippen LogP contribution in [-0.4, -0.2) is 9.38 Å². The maximum atomic E-state index is 4.57. The molecule has 3 aliphatic carbocycles. The van der Waals surface area contributed by atoms with E-state index in [0.29, 0.717) is 0 Å². The molecule has 6 rings (SSSR count). The van der Waals surface area contributed by atoms with E-state index in [2.05, 4.69) is 33.8 Å². The summed E-state index contributed by atoms with van der Waals surface area (Å²) in [6, 6.07) is 9.79. The van der Waals surface area contributed by atoms with E-state index in [9.17, 15) is 0 Å². The van der Waals surface area contributed by atoms with Crippen molar-refractivity contribution < 1.29 is 21.1 Å². The van der Waals surface area contributed by atoms with Crippen LogP contribution in [0.4, 0.5) is 0 Å². The van der Waals surface area contributed by atoms with Gasteiger partial charge in [-0.3, -0.25) is 4.98 Å². The van der Waals surface area contributed by atoms with Gasteiger partial charge in [-0.1, -0.05) is 10.9 Å². The average molecular weight is 442 g/mol. The van der Waals surface area contributed by atoms with Gasteiger partial charge in [0.05, 0.1) is 5.65 Å². The number of hydrogen-bond acceptors (Lipinski definition) is 1. The summed E-state index contributed by atoms with van der Waals surface area (Å²) in [6.07, 6.45) is 9.50. The van der Waals surface area contributed by atoms with Crippen LogP contribution in [0.5, 0.6) is 0 Å². The molecule has 0 amide bonds. The van der Waals surface area contributed by atoms with Crippen molar-refractivity contribution in [1.82, 2.24) is 9.38 Å². The predicted octanol–water partition coefficient (Wildman–Crippen LogP) is 4.04. The monoisotopic (exact) mass is 442 g/mol. The molecule has 0 aliphatic heterocycles. The average Bonchev–Trinajstić information content (AvgIpc) is 2.98. The Balaban J connectivity index is 0.00000106. The molecule has 0 radical (unpaired) electrons. The molecule has 0 N–H and O–H groups in total. The Morgan fingerprint density at radius 3 is 2.80 bits per heavy atom. The van der Waals surface area contributed by atoms with Crippen molar-refractivity contribution >= 4 is 16.4 Å². The van der Waals surface area contributed by atoms with Crippen LogP contribution in [0.2, 0.25) is 0 Å². The third-order valence-electron chi connectivity index (χ3n) is 5.07. The molecule has 2 heterocycles. The Morgan fingerprint density at radius 1 is 1.15 bits per heavy atom. The number of rotatable bonds is 0. The number of aromatic nitrogens is 2. The van der Waals surface area contributed by atoms with Gasteiger partial charge in [0.2, 0.25) is 0 Å². The summed E-state index contributed by atoms with van der Waals surface area (Å²) in [5, 5.41) is 2.59. The zero-order valence-corrected chi connectivity index (χ0v) is 13.4. The molecule has 104 valence electrons. The van der Waals surface area contributed by atoms with Gasteiger partial charge >= 0.3 is 0 Å². The van der Waals surface area contributed by atoms with Crippen LogP contribution in [-0.2, 0) is 21.1 Å². The van der Waals surface area contributed by atoms with E-state index in [0.717, 1.165) is 17.5 Å². The number of hydrogen-bond donors (Lipinski definition) is 0. The molecule has 1 fully saturated rings. The molecule has 1 aromatic carbocycles. The van der Waals surface area contributed by atoms with Crippen molar-refractivity contribution in [2.75, 3.05) is 0 Å². The van der Waals surface area contributed by atoms with E-state index in [1.54, 1.807) is 11.3 Å². The molecular formula is C17H15N2Pt-. The normalized spacial score (nSPS) is 23.8. The fraction of sp³-hybridized carbons (Fsp3) is 0.353. The van der Waals surface area contributed by atoms with Crippen LogP contribution in [0.15, 0.2) is 30.6 Å². The summed E-state index contributed by atoms with van der Waals surface area (Å²) in [4.78, 5) is 4.57. The molecule has 1 saturated carbocycles. The Labute approximate surface area is 132 Å². The first-order valence-corrected chi connectivity index (χ1v) is 7.22. The van der Waals surface area contributed by atoms with Gasteiger partial charge in [-0.25, -0.2) is 0 Å². The minimum atomic E-state index is 0. The van der Waals surface area contributed by atoms with Gasteiger partial charge in [0.25, 0.3) is 0 Å². The topological polar surface area (TPSA) is 17.3 Å². The fourth-order valence-electron chi connectivity index (χ4n) is 4.30. The number of imidazole rings is 1. The van der Waals surface area contributed by atoms with E-state index >= 15 is 0 Å². The summed E-state index contributed by atoms with van der Waals surface area (Å²) in [5.41, 5.74) is 4.23. The molecule has 0 atom stereocenters. The maximum Gasteiger partial charge on any atom is 0.0606 e. The van der Waals surface area contributed by atoms with Crippen LogP contribution in [0.1, 0.15) is 48.8 Å². The Bertz CT molecular complexity index is 797. The van der Waals surface area contributed by atoms with Crippen LogP contribution < -0.4 is 0 Å². The van der Waals surface area contributed by atoms with Crippen LogP contribution in [0.25, 0.3) is 16.4 Å². The second-order valence-electron chi connectivity index (χ2n) is 5.93. The predicted molar refractivity (Wildman–Crippen MR) is 75.5 cm³/mol. The van der Waals surface area contributed by atoms with Crippen molar-refractivity contribution in [1.29, 1.82) is 0 Å². The van der Waals surface area contributed by atoms with E-state index in [1.165, 1.54) is 36.5 Å². The molecule has 20 heavy (non-hydrogen) atoms.